The third-order valence-electron chi connectivity index (χ3n) is 2.65. The third kappa shape index (κ3) is 4.35. The smallest absolute Gasteiger partial charge is 0.410 e. The lowest BCUT2D eigenvalue weighted by atomic mass is 10.2. The molecule has 2 rings (SSSR count). The summed E-state index contributed by atoms with van der Waals surface area (Å²) in [6, 6.07) is 0.241. The molecule has 0 aromatic carbocycles. The molecule has 0 aliphatic carbocycles. The van der Waals surface area contributed by atoms with Crippen LogP contribution in [0.4, 0.5) is 9.93 Å². The van der Waals surface area contributed by atoms with Gasteiger partial charge in [-0.25, -0.2) is 9.78 Å². The van der Waals surface area contributed by atoms with Crippen molar-refractivity contribution < 1.29 is 9.53 Å². The van der Waals surface area contributed by atoms with E-state index in [9.17, 15) is 4.79 Å². The normalized spacial score (nSPS) is 19.6. The van der Waals surface area contributed by atoms with Crippen LogP contribution in [0, 0.1) is 0 Å². The SMILES string of the molecule is CC(C)(C)OC(=O)N1CCC(Nc2ncc(Br)s2)C1. The van der Waals surface area contributed by atoms with Crippen molar-refractivity contribution in [2.75, 3.05) is 18.4 Å². The molecule has 0 bridgehead atoms. The average molecular weight is 348 g/mol. The van der Waals surface area contributed by atoms with Crippen LogP contribution in [0.3, 0.4) is 0 Å². The summed E-state index contributed by atoms with van der Waals surface area (Å²) >= 11 is 4.94. The largest absolute Gasteiger partial charge is 0.444 e. The number of carbonyl (C=O) groups is 1. The number of aromatic nitrogens is 1. The van der Waals surface area contributed by atoms with E-state index in [1.807, 2.05) is 20.8 Å². The maximum Gasteiger partial charge on any atom is 0.410 e. The maximum absolute atomic E-state index is 11.9. The van der Waals surface area contributed by atoms with E-state index >= 15 is 0 Å². The number of halogens is 1. The molecule has 7 heteroatoms. The van der Waals surface area contributed by atoms with Gasteiger partial charge in [0.1, 0.15) is 5.60 Å². The summed E-state index contributed by atoms with van der Waals surface area (Å²) in [5.74, 6) is 0. The molecule has 1 saturated heterocycles. The highest BCUT2D eigenvalue weighted by atomic mass is 79.9. The van der Waals surface area contributed by atoms with E-state index < -0.39 is 5.60 Å². The molecule has 1 aliphatic rings. The number of nitrogens with zero attached hydrogens (tertiary/aromatic N) is 2. The van der Waals surface area contributed by atoms with Gasteiger partial charge >= 0.3 is 6.09 Å². The average Bonchev–Trinajstić information content (AvgIpc) is 2.86. The fourth-order valence-corrected chi connectivity index (χ4v) is 3.05. The van der Waals surface area contributed by atoms with Gasteiger partial charge in [0.15, 0.2) is 5.13 Å². The number of carbonyl (C=O) groups excluding carboxylic acids is 1. The molecule has 0 saturated carbocycles. The lowest BCUT2D eigenvalue weighted by Crippen LogP contribution is -2.36. The van der Waals surface area contributed by atoms with Gasteiger partial charge in [0.25, 0.3) is 0 Å². The molecule has 19 heavy (non-hydrogen) atoms. The van der Waals surface area contributed by atoms with Gasteiger partial charge in [0.2, 0.25) is 0 Å². The van der Waals surface area contributed by atoms with E-state index in [2.05, 4.69) is 26.2 Å². The molecule has 1 atom stereocenters. The molecule has 1 fully saturated rings. The number of rotatable bonds is 2. The monoisotopic (exact) mass is 347 g/mol. The number of nitrogens with one attached hydrogen (secondary N) is 1. The Hall–Kier alpha value is -0.820. The van der Waals surface area contributed by atoms with Crippen LogP contribution in [0.15, 0.2) is 9.98 Å². The number of likely N-dealkylation sites (tertiary alicyclic amines) is 1. The first kappa shape index (κ1) is 14.6. The van der Waals surface area contributed by atoms with Crippen molar-refractivity contribution in [3.63, 3.8) is 0 Å². The van der Waals surface area contributed by atoms with Crippen molar-refractivity contribution in [2.45, 2.75) is 38.8 Å². The van der Waals surface area contributed by atoms with E-state index in [0.717, 1.165) is 21.9 Å². The van der Waals surface area contributed by atoms with Crippen LogP contribution in [0.25, 0.3) is 0 Å². The Balaban J connectivity index is 1.84. The number of hydrogen-bond donors (Lipinski definition) is 1. The van der Waals surface area contributed by atoms with Gasteiger partial charge in [-0.15, -0.1) is 0 Å². The number of amides is 1. The first-order chi connectivity index (χ1) is 8.83. The van der Waals surface area contributed by atoms with Gasteiger partial charge in [-0.2, -0.15) is 0 Å². The second kappa shape index (κ2) is 5.66. The molecule has 1 amide bonds. The van der Waals surface area contributed by atoms with Gasteiger partial charge in [0.05, 0.1) is 9.98 Å². The summed E-state index contributed by atoms with van der Waals surface area (Å²) in [6.45, 7) is 7.02. The zero-order valence-electron chi connectivity index (χ0n) is 11.3. The molecule has 1 aromatic rings. The molecule has 1 unspecified atom stereocenters. The highest BCUT2D eigenvalue weighted by Gasteiger charge is 2.29. The molecule has 0 spiro atoms. The van der Waals surface area contributed by atoms with Crippen LogP contribution < -0.4 is 5.32 Å². The van der Waals surface area contributed by atoms with E-state index in [0.29, 0.717) is 6.54 Å². The predicted molar refractivity (Wildman–Crippen MR) is 79.6 cm³/mol. The zero-order valence-corrected chi connectivity index (χ0v) is 13.7. The first-order valence-corrected chi connectivity index (χ1v) is 7.80. The highest BCUT2D eigenvalue weighted by Crippen LogP contribution is 2.25. The van der Waals surface area contributed by atoms with E-state index in [-0.39, 0.29) is 12.1 Å². The van der Waals surface area contributed by atoms with Crippen LogP contribution in [0.2, 0.25) is 0 Å². The van der Waals surface area contributed by atoms with Crippen molar-refractivity contribution in [1.82, 2.24) is 9.88 Å². The zero-order chi connectivity index (χ0) is 14.0. The van der Waals surface area contributed by atoms with Crippen LogP contribution >= 0.6 is 27.3 Å². The predicted octanol–water partition coefficient (Wildman–Crippen LogP) is 3.33. The highest BCUT2D eigenvalue weighted by molar-refractivity contribution is 9.11. The Kier molecular flexibility index (Phi) is 4.35. The second-order valence-corrected chi connectivity index (χ2v) is 7.94. The van der Waals surface area contributed by atoms with Crippen LogP contribution in [-0.4, -0.2) is 40.7 Å². The van der Waals surface area contributed by atoms with Gasteiger partial charge in [-0.05, 0) is 43.1 Å². The first-order valence-electron chi connectivity index (χ1n) is 6.19. The van der Waals surface area contributed by atoms with Crippen molar-refractivity contribution in [2.24, 2.45) is 0 Å². The fourth-order valence-electron chi connectivity index (χ4n) is 1.87. The molecule has 0 radical (unpaired) electrons. The summed E-state index contributed by atoms with van der Waals surface area (Å²) in [5.41, 5.74) is -0.442. The lowest BCUT2D eigenvalue weighted by Gasteiger charge is -2.24. The number of anilines is 1. The minimum absolute atomic E-state index is 0.239. The second-order valence-electron chi connectivity index (χ2n) is 5.53. The van der Waals surface area contributed by atoms with Crippen molar-refractivity contribution in [3.8, 4) is 0 Å². The Morgan fingerprint density at radius 1 is 1.63 bits per heavy atom. The van der Waals surface area contributed by atoms with Gasteiger partial charge in [-0.1, -0.05) is 11.3 Å². The van der Waals surface area contributed by atoms with E-state index in [1.165, 1.54) is 0 Å². The van der Waals surface area contributed by atoms with Gasteiger partial charge in [0, 0.05) is 19.1 Å². The molecule has 1 aromatic heterocycles. The molecular formula is C12H18BrN3O2S. The standard InChI is InChI=1S/C12H18BrN3O2S/c1-12(2,3)18-11(17)16-5-4-8(7-16)15-10-14-6-9(13)19-10/h6,8H,4-5,7H2,1-3H3,(H,14,15). The van der Waals surface area contributed by atoms with Crippen LogP contribution in [-0.2, 0) is 4.74 Å². The van der Waals surface area contributed by atoms with Gasteiger partial charge in [-0.3, -0.25) is 0 Å². The topological polar surface area (TPSA) is 54.5 Å². The van der Waals surface area contributed by atoms with E-state index in [1.54, 1.807) is 22.4 Å². The summed E-state index contributed by atoms with van der Waals surface area (Å²) < 4.78 is 6.36. The molecule has 106 valence electrons. The Bertz CT molecular complexity index is 458. The fraction of sp³-hybridized carbons (Fsp3) is 0.667. The quantitative estimate of drug-likeness (QED) is 0.891. The summed E-state index contributed by atoms with van der Waals surface area (Å²) in [7, 11) is 0. The Labute approximate surface area is 125 Å². The number of ether oxygens (including phenoxy) is 1. The number of thiazole rings is 1. The molecule has 2 heterocycles. The molecular weight excluding hydrogens is 330 g/mol. The minimum Gasteiger partial charge on any atom is -0.444 e. The molecule has 1 N–H and O–H groups in total. The lowest BCUT2D eigenvalue weighted by molar-refractivity contribution is 0.0293. The summed E-state index contributed by atoms with van der Waals surface area (Å²) in [5, 5.41) is 4.22. The maximum atomic E-state index is 11.9. The Morgan fingerprint density at radius 2 is 2.37 bits per heavy atom. The Morgan fingerprint density at radius 3 is 2.95 bits per heavy atom. The van der Waals surface area contributed by atoms with E-state index in [4.69, 9.17) is 4.74 Å². The van der Waals surface area contributed by atoms with Crippen LogP contribution in [0.1, 0.15) is 27.2 Å². The molecule has 1 aliphatic heterocycles. The summed E-state index contributed by atoms with van der Waals surface area (Å²) in [6.07, 6.45) is 2.45. The number of hydrogen-bond acceptors (Lipinski definition) is 5. The molecule has 5 nitrogen and oxygen atoms in total. The van der Waals surface area contributed by atoms with Gasteiger partial charge < -0.3 is 15.0 Å². The minimum atomic E-state index is -0.442. The van der Waals surface area contributed by atoms with Crippen molar-refractivity contribution >= 4 is 38.5 Å². The summed E-state index contributed by atoms with van der Waals surface area (Å²) in [4.78, 5) is 17.9. The van der Waals surface area contributed by atoms with Crippen molar-refractivity contribution in [3.05, 3.63) is 9.98 Å². The van der Waals surface area contributed by atoms with Crippen molar-refractivity contribution in [1.29, 1.82) is 0 Å². The van der Waals surface area contributed by atoms with Crippen LogP contribution in [0.5, 0.6) is 0 Å². The third-order valence-corrected chi connectivity index (χ3v) is 4.05.